The van der Waals surface area contributed by atoms with Crippen LogP contribution >= 0.6 is 0 Å². The van der Waals surface area contributed by atoms with Crippen molar-refractivity contribution in [3.63, 3.8) is 0 Å². The molecule has 1 spiro atoms. The third kappa shape index (κ3) is 3.26. The van der Waals surface area contributed by atoms with E-state index >= 15 is 0 Å². The molecule has 0 aliphatic carbocycles. The third-order valence-electron chi connectivity index (χ3n) is 4.41. The first-order valence-corrected chi connectivity index (χ1v) is 7.87. The second-order valence-corrected chi connectivity index (χ2v) is 5.88. The molecule has 2 aliphatic rings. The van der Waals surface area contributed by atoms with Crippen molar-refractivity contribution >= 4 is 17.7 Å². The molecule has 118 valence electrons. The minimum atomic E-state index is -0.814. The Labute approximate surface area is 125 Å². The van der Waals surface area contributed by atoms with Gasteiger partial charge < -0.3 is 5.11 Å². The van der Waals surface area contributed by atoms with Gasteiger partial charge >= 0.3 is 5.97 Å². The quantitative estimate of drug-likeness (QED) is 0.803. The zero-order chi connectivity index (χ0) is 15.5. The first-order valence-electron chi connectivity index (χ1n) is 7.87. The SMILES string of the molecule is CCCCC1=NC2(CCN(CC(=O)O)CC2)C(=O)N1CC. The van der Waals surface area contributed by atoms with E-state index in [0.717, 1.165) is 25.1 Å². The Morgan fingerprint density at radius 1 is 1.33 bits per heavy atom. The van der Waals surface area contributed by atoms with E-state index in [1.54, 1.807) is 0 Å². The van der Waals surface area contributed by atoms with Crippen LogP contribution in [0.15, 0.2) is 4.99 Å². The molecule has 21 heavy (non-hydrogen) atoms. The molecular weight excluding hydrogens is 270 g/mol. The molecule has 1 N–H and O–H groups in total. The number of aliphatic carboxylic acids is 1. The standard InChI is InChI=1S/C15H25N3O3/c1-3-5-6-12-16-15(14(21)18(12)4-2)7-9-17(10-8-15)11-13(19)20/h3-11H2,1-2H3,(H,19,20). The molecule has 2 rings (SSSR count). The number of aliphatic imine (C=N–C) groups is 1. The number of nitrogens with zero attached hydrogens (tertiary/aromatic N) is 3. The molecule has 0 saturated carbocycles. The molecule has 0 radical (unpaired) electrons. The van der Waals surface area contributed by atoms with Gasteiger partial charge in [-0.05, 0) is 26.2 Å². The average molecular weight is 295 g/mol. The lowest BCUT2D eigenvalue weighted by Crippen LogP contribution is -2.50. The Morgan fingerprint density at radius 3 is 2.52 bits per heavy atom. The van der Waals surface area contributed by atoms with Crippen LogP contribution in [-0.4, -0.2) is 64.3 Å². The molecule has 0 unspecified atom stereocenters. The Balaban J connectivity index is 2.07. The molecule has 1 amide bonds. The summed E-state index contributed by atoms with van der Waals surface area (Å²) < 4.78 is 0. The summed E-state index contributed by atoms with van der Waals surface area (Å²) in [4.78, 5) is 32.0. The van der Waals surface area contributed by atoms with Crippen molar-refractivity contribution in [2.45, 2.75) is 51.5 Å². The van der Waals surface area contributed by atoms with Crippen LogP contribution in [0.4, 0.5) is 0 Å². The van der Waals surface area contributed by atoms with Gasteiger partial charge in [0.2, 0.25) is 0 Å². The molecule has 0 aromatic heterocycles. The number of likely N-dealkylation sites (N-methyl/N-ethyl adjacent to an activating group) is 1. The van der Waals surface area contributed by atoms with Gasteiger partial charge in [0.05, 0.1) is 6.54 Å². The number of hydrogen-bond donors (Lipinski definition) is 1. The number of carbonyl (C=O) groups excluding carboxylic acids is 1. The van der Waals surface area contributed by atoms with Crippen molar-refractivity contribution in [3.8, 4) is 0 Å². The second-order valence-electron chi connectivity index (χ2n) is 5.88. The smallest absolute Gasteiger partial charge is 0.317 e. The molecule has 6 nitrogen and oxygen atoms in total. The molecule has 0 bridgehead atoms. The summed E-state index contributed by atoms with van der Waals surface area (Å²) in [5, 5.41) is 8.85. The zero-order valence-corrected chi connectivity index (χ0v) is 13.0. The minimum absolute atomic E-state index is 0.0498. The maximum Gasteiger partial charge on any atom is 0.317 e. The van der Waals surface area contributed by atoms with Gasteiger partial charge in [-0.3, -0.25) is 24.4 Å². The molecule has 2 aliphatic heterocycles. The highest BCUT2D eigenvalue weighted by Crippen LogP contribution is 2.34. The molecule has 0 aromatic rings. The number of carbonyl (C=O) groups is 2. The van der Waals surface area contributed by atoms with E-state index in [0.29, 0.717) is 32.5 Å². The number of hydrogen-bond acceptors (Lipinski definition) is 4. The summed E-state index contributed by atoms with van der Waals surface area (Å²) in [6, 6.07) is 0. The van der Waals surface area contributed by atoms with E-state index in [1.165, 1.54) is 0 Å². The summed E-state index contributed by atoms with van der Waals surface area (Å²) in [6.45, 7) is 6.09. The predicted molar refractivity (Wildman–Crippen MR) is 80.4 cm³/mol. The highest BCUT2D eigenvalue weighted by molar-refractivity contribution is 6.08. The summed E-state index contributed by atoms with van der Waals surface area (Å²) in [6.07, 6.45) is 4.25. The first-order chi connectivity index (χ1) is 10.0. The first kappa shape index (κ1) is 15.9. The van der Waals surface area contributed by atoms with Crippen LogP contribution in [-0.2, 0) is 9.59 Å². The molecular formula is C15H25N3O3. The second kappa shape index (κ2) is 6.56. The molecule has 2 heterocycles. The lowest BCUT2D eigenvalue weighted by molar-refractivity contribution is -0.139. The van der Waals surface area contributed by atoms with E-state index in [-0.39, 0.29) is 12.5 Å². The number of piperidine rings is 1. The fourth-order valence-corrected chi connectivity index (χ4v) is 3.17. The number of likely N-dealkylation sites (tertiary alicyclic amines) is 1. The van der Waals surface area contributed by atoms with Gasteiger partial charge in [-0.15, -0.1) is 0 Å². The van der Waals surface area contributed by atoms with Crippen molar-refractivity contribution in [2.24, 2.45) is 4.99 Å². The van der Waals surface area contributed by atoms with Crippen molar-refractivity contribution in [2.75, 3.05) is 26.2 Å². The Hall–Kier alpha value is -1.43. The summed E-state index contributed by atoms with van der Waals surface area (Å²) in [5.74, 6) is 0.230. The average Bonchev–Trinajstić information content (AvgIpc) is 2.71. The summed E-state index contributed by atoms with van der Waals surface area (Å²) in [7, 11) is 0. The molecule has 1 saturated heterocycles. The normalized spacial score (nSPS) is 21.9. The van der Waals surface area contributed by atoms with Gasteiger partial charge in [0.1, 0.15) is 11.4 Å². The molecule has 6 heteroatoms. The van der Waals surface area contributed by atoms with Gasteiger partial charge in [0, 0.05) is 26.1 Å². The number of unbranched alkanes of at least 4 members (excludes halogenated alkanes) is 1. The number of amides is 1. The van der Waals surface area contributed by atoms with Crippen LogP contribution in [0.1, 0.15) is 46.0 Å². The number of carboxylic acid groups (broad SMARTS) is 1. The topological polar surface area (TPSA) is 73.2 Å². The predicted octanol–water partition coefficient (Wildman–Crippen LogP) is 1.36. The van der Waals surface area contributed by atoms with Gasteiger partial charge in [-0.25, -0.2) is 0 Å². The molecule has 0 atom stereocenters. The minimum Gasteiger partial charge on any atom is -0.480 e. The number of amidine groups is 1. The van der Waals surface area contributed by atoms with E-state index < -0.39 is 11.5 Å². The number of rotatable bonds is 6. The molecule has 0 aromatic carbocycles. The van der Waals surface area contributed by atoms with Crippen LogP contribution < -0.4 is 0 Å². The lowest BCUT2D eigenvalue weighted by atomic mass is 9.87. The van der Waals surface area contributed by atoms with E-state index in [1.807, 2.05) is 16.7 Å². The van der Waals surface area contributed by atoms with Gasteiger partial charge in [0.25, 0.3) is 5.91 Å². The van der Waals surface area contributed by atoms with Crippen LogP contribution in [0.2, 0.25) is 0 Å². The van der Waals surface area contributed by atoms with Gasteiger partial charge in [-0.1, -0.05) is 13.3 Å². The van der Waals surface area contributed by atoms with Crippen molar-refractivity contribution in [1.29, 1.82) is 0 Å². The van der Waals surface area contributed by atoms with Crippen LogP contribution in [0, 0.1) is 0 Å². The van der Waals surface area contributed by atoms with Gasteiger partial charge in [0.15, 0.2) is 0 Å². The van der Waals surface area contributed by atoms with E-state index in [2.05, 4.69) is 6.92 Å². The monoisotopic (exact) mass is 295 g/mol. The number of carboxylic acids is 1. The highest BCUT2D eigenvalue weighted by atomic mass is 16.4. The molecule has 1 fully saturated rings. The highest BCUT2D eigenvalue weighted by Gasteiger charge is 2.48. The van der Waals surface area contributed by atoms with Crippen LogP contribution in [0.3, 0.4) is 0 Å². The zero-order valence-electron chi connectivity index (χ0n) is 13.0. The van der Waals surface area contributed by atoms with Crippen LogP contribution in [0.5, 0.6) is 0 Å². The summed E-state index contributed by atoms with van der Waals surface area (Å²) >= 11 is 0. The third-order valence-corrected chi connectivity index (χ3v) is 4.41. The van der Waals surface area contributed by atoms with E-state index in [4.69, 9.17) is 10.1 Å². The van der Waals surface area contributed by atoms with E-state index in [9.17, 15) is 9.59 Å². The largest absolute Gasteiger partial charge is 0.480 e. The van der Waals surface area contributed by atoms with Crippen LogP contribution in [0.25, 0.3) is 0 Å². The van der Waals surface area contributed by atoms with Crippen molar-refractivity contribution < 1.29 is 14.7 Å². The fourth-order valence-electron chi connectivity index (χ4n) is 3.17. The summed E-state index contributed by atoms with van der Waals surface area (Å²) in [5.41, 5.74) is -0.617. The maximum atomic E-state index is 12.7. The van der Waals surface area contributed by atoms with Crippen molar-refractivity contribution in [1.82, 2.24) is 9.80 Å². The Kier molecular flexibility index (Phi) is 4.98. The fraction of sp³-hybridized carbons (Fsp3) is 0.800. The Morgan fingerprint density at radius 2 is 2.00 bits per heavy atom. The maximum absolute atomic E-state index is 12.7. The lowest BCUT2D eigenvalue weighted by Gasteiger charge is -2.35. The van der Waals surface area contributed by atoms with Gasteiger partial charge in [-0.2, -0.15) is 0 Å². The Bertz CT molecular complexity index is 439. The van der Waals surface area contributed by atoms with Crippen molar-refractivity contribution in [3.05, 3.63) is 0 Å².